The molecule has 31 heavy (non-hydrogen) atoms. The molecule has 0 fully saturated rings. The van der Waals surface area contributed by atoms with Crippen LogP contribution in [-0.4, -0.2) is 53.4 Å². The van der Waals surface area contributed by atoms with Crippen molar-refractivity contribution in [3.63, 3.8) is 0 Å². The molecule has 0 bridgehead atoms. The van der Waals surface area contributed by atoms with Crippen LogP contribution in [0.4, 0.5) is 0 Å². The van der Waals surface area contributed by atoms with E-state index in [-0.39, 0.29) is 36.4 Å². The van der Waals surface area contributed by atoms with E-state index < -0.39 is 0 Å². The number of benzene rings is 2. The first-order valence-electron chi connectivity index (χ1n) is 10.0. The number of ether oxygens (including phenoxy) is 2. The van der Waals surface area contributed by atoms with Crippen LogP contribution in [-0.2, 0) is 4.79 Å². The zero-order chi connectivity index (χ0) is 22.4. The number of hydrogen-bond donors (Lipinski definition) is 3. The lowest BCUT2D eigenvalue weighted by Crippen LogP contribution is -2.34. The van der Waals surface area contributed by atoms with E-state index in [1.165, 1.54) is 14.2 Å². The van der Waals surface area contributed by atoms with Gasteiger partial charge in [-0.1, -0.05) is 18.2 Å². The lowest BCUT2D eigenvalue weighted by molar-refractivity contribution is -0.116. The first-order chi connectivity index (χ1) is 15.0. The lowest BCUT2D eigenvalue weighted by Gasteiger charge is -2.37. The number of aliphatic hydroxyl groups excluding tert-OH is 1. The monoisotopic (exact) mass is 425 g/mol. The number of methoxy groups -OCH3 is 2. The number of rotatable bonds is 8. The number of aromatic hydroxyl groups is 2. The normalized spacial score (nSPS) is 16.5. The molecule has 2 aromatic carbocycles. The fourth-order valence-corrected chi connectivity index (χ4v) is 3.64. The fraction of sp³-hybridized carbons (Fsp3) is 0.292. The Labute approximate surface area is 181 Å². The molecule has 0 amide bonds. The molecule has 0 saturated carbocycles. The van der Waals surface area contributed by atoms with Crippen molar-refractivity contribution in [3.8, 4) is 23.0 Å². The smallest absolute Gasteiger partial charge is 0.161 e. The van der Waals surface area contributed by atoms with Gasteiger partial charge in [0, 0.05) is 31.3 Å². The summed E-state index contributed by atoms with van der Waals surface area (Å²) in [7, 11) is 2.96. The zero-order valence-corrected chi connectivity index (χ0v) is 17.6. The van der Waals surface area contributed by atoms with E-state index in [0.29, 0.717) is 30.2 Å². The zero-order valence-electron chi connectivity index (χ0n) is 17.6. The molecule has 7 nitrogen and oxygen atoms in total. The van der Waals surface area contributed by atoms with Crippen LogP contribution in [0.1, 0.15) is 30.0 Å². The Hall–Kier alpha value is -3.45. The van der Waals surface area contributed by atoms with Crippen LogP contribution in [0.3, 0.4) is 0 Å². The van der Waals surface area contributed by atoms with Gasteiger partial charge in [0.15, 0.2) is 28.8 Å². The average molecular weight is 425 g/mol. The SMILES string of the molecule is COc1cc(/C=C/C2=CC(=O)CC(c3ccc(O)c(OC)c3)N2CCCO)ccc1O. The number of nitrogens with zero attached hydrogens (tertiary/aromatic N) is 1. The first-order valence-corrected chi connectivity index (χ1v) is 10.0. The minimum Gasteiger partial charge on any atom is -0.504 e. The van der Waals surface area contributed by atoms with Crippen LogP contribution in [0.2, 0.25) is 0 Å². The summed E-state index contributed by atoms with van der Waals surface area (Å²) >= 11 is 0. The maximum Gasteiger partial charge on any atom is 0.161 e. The average Bonchev–Trinajstić information content (AvgIpc) is 2.77. The summed E-state index contributed by atoms with van der Waals surface area (Å²) in [6, 6.07) is 9.81. The molecule has 1 unspecified atom stereocenters. The third-order valence-corrected chi connectivity index (χ3v) is 5.21. The predicted molar refractivity (Wildman–Crippen MR) is 117 cm³/mol. The summed E-state index contributed by atoms with van der Waals surface area (Å²) < 4.78 is 10.4. The van der Waals surface area contributed by atoms with Crippen LogP contribution in [0.15, 0.2) is 54.2 Å². The highest BCUT2D eigenvalue weighted by atomic mass is 16.5. The van der Waals surface area contributed by atoms with Crippen LogP contribution in [0.25, 0.3) is 6.08 Å². The number of ketones is 1. The molecule has 0 saturated heterocycles. The molecule has 0 aromatic heterocycles. The quantitative estimate of drug-likeness (QED) is 0.596. The van der Waals surface area contributed by atoms with Gasteiger partial charge in [-0.25, -0.2) is 0 Å². The van der Waals surface area contributed by atoms with Crippen molar-refractivity contribution in [1.82, 2.24) is 4.90 Å². The largest absolute Gasteiger partial charge is 0.504 e. The van der Waals surface area contributed by atoms with Gasteiger partial charge in [-0.05, 0) is 47.9 Å². The van der Waals surface area contributed by atoms with Gasteiger partial charge in [0.1, 0.15) is 0 Å². The van der Waals surface area contributed by atoms with Crippen molar-refractivity contribution >= 4 is 11.9 Å². The number of allylic oxidation sites excluding steroid dienone is 2. The molecule has 2 aromatic rings. The van der Waals surface area contributed by atoms with Crippen molar-refractivity contribution in [3.05, 3.63) is 65.4 Å². The molecule has 0 radical (unpaired) electrons. The second-order valence-electron chi connectivity index (χ2n) is 7.22. The number of hydrogen-bond acceptors (Lipinski definition) is 7. The Kier molecular flexibility index (Phi) is 7.20. The lowest BCUT2D eigenvalue weighted by atomic mass is 9.94. The van der Waals surface area contributed by atoms with E-state index in [1.54, 1.807) is 42.5 Å². The van der Waals surface area contributed by atoms with Crippen LogP contribution < -0.4 is 9.47 Å². The van der Waals surface area contributed by atoms with Crippen molar-refractivity contribution < 1.29 is 29.6 Å². The summed E-state index contributed by atoms with van der Waals surface area (Å²) in [4.78, 5) is 14.6. The number of carbonyl (C=O) groups excluding carboxylic acids is 1. The Balaban J connectivity index is 1.95. The Morgan fingerprint density at radius 1 is 1.03 bits per heavy atom. The van der Waals surface area contributed by atoms with Crippen molar-refractivity contribution in [2.75, 3.05) is 27.4 Å². The van der Waals surface area contributed by atoms with Gasteiger partial charge < -0.3 is 29.7 Å². The minimum atomic E-state index is -0.257. The van der Waals surface area contributed by atoms with Crippen molar-refractivity contribution in [2.45, 2.75) is 18.9 Å². The molecule has 1 aliphatic rings. The second-order valence-corrected chi connectivity index (χ2v) is 7.22. The predicted octanol–water partition coefficient (Wildman–Crippen LogP) is 3.41. The Morgan fingerprint density at radius 2 is 1.71 bits per heavy atom. The summed E-state index contributed by atoms with van der Waals surface area (Å²) in [5.74, 6) is 0.780. The van der Waals surface area contributed by atoms with Crippen molar-refractivity contribution in [1.29, 1.82) is 0 Å². The fourth-order valence-electron chi connectivity index (χ4n) is 3.64. The maximum atomic E-state index is 12.5. The summed E-state index contributed by atoms with van der Waals surface area (Å²) in [5.41, 5.74) is 2.36. The topological polar surface area (TPSA) is 99.5 Å². The van der Waals surface area contributed by atoms with E-state index in [0.717, 1.165) is 11.1 Å². The molecular weight excluding hydrogens is 398 g/mol. The summed E-state index contributed by atoms with van der Waals surface area (Å²) in [6.07, 6.45) is 6.10. The molecular formula is C24H27NO6. The van der Waals surface area contributed by atoms with E-state index in [9.17, 15) is 20.1 Å². The highest BCUT2D eigenvalue weighted by Gasteiger charge is 2.28. The van der Waals surface area contributed by atoms with Crippen LogP contribution >= 0.6 is 0 Å². The van der Waals surface area contributed by atoms with E-state index in [4.69, 9.17) is 9.47 Å². The van der Waals surface area contributed by atoms with Gasteiger partial charge in [-0.15, -0.1) is 0 Å². The molecule has 1 aliphatic heterocycles. The Morgan fingerprint density at radius 3 is 2.39 bits per heavy atom. The van der Waals surface area contributed by atoms with Crippen molar-refractivity contribution in [2.24, 2.45) is 0 Å². The third-order valence-electron chi connectivity index (χ3n) is 5.21. The highest BCUT2D eigenvalue weighted by Crippen LogP contribution is 2.37. The van der Waals surface area contributed by atoms with Crippen LogP contribution in [0.5, 0.6) is 23.0 Å². The molecule has 0 spiro atoms. The van der Waals surface area contributed by atoms with Crippen LogP contribution in [0, 0.1) is 0 Å². The second kappa shape index (κ2) is 10.0. The van der Waals surface area contributed by atoms with E-state index >= 15 is 0 Å². The van der Waals surface area contributed by atoms with Gasteiger partial charge in [0.05, 0.1) is 20.3 Å². The molecule has 3 rings (SSSR count). The van der Waals surface area contributed by atoms with Gasteiger partial charge in [0.25, 0.3) is 0 Å². The number of aliphatic hydroxyl groups is 1. The maximum absolute atomic E-state index is 12.5. The molecule has 1 heterocycles. The van der Waals surface area contributed by atoms with Gasteiger partial charge in [0.2, 0.25) is 0 Å². The minimum absolute atomic E-state index is 0.0137. The third kappa shape index (κ3) is 5.19. The number of phenols is 2. The van der Waals surface area contributed by atoms with Gasteiger partial charge in [-0.3, -0.25) is 4.79 Å². The molecule has 164 valence electrons. The van der Waals surface area contributed by atoms with E-state index in [1.807, 2.05) is 12.2 Å². The standard InChI is InChI=1S/C24H27NO6/c1-30-23-12-16(5-8-21(23)28)4-7-18-14-19(27)15-20(25(18)10-3-11-26)17-6-9-22(29)24(13-17)31-2/h4-9,12-14,20,26,28-29H,3,10-11,15H2,1-2H3/b7-4+. The molecule has 1 atom stereocenters. The van der Waals surface area contributed by atoms with E-state index in [2.05, 4.69) is 4.90 Å². The molecule has 3 N–H and O–H groups in total. The number of carbonyl (C=O) groups is 1. The van der Waals surface area contributed by atoms with Gasteiger partial charge in [-0.2, -0.15) is 0 Å². The summed E-state index contributed by atoms with van der Waals surface area (Å²) in [5, 5.41) is 29.1. The number of phenolic OH excluding ortho intramolecular Hbond substituents is 2. The highest BCUT2D eigenvalue weighted by molar-refractivity contribution is 5.92. The summed E-state index contributed by atoms with van der Waals surface area (Å²) in [6.45, 7) is 0.578. The molecule has 0 aliphatic carbocycles. The first kappa shape index (κ1) is 22.2. The molecule has 7 heteroatoms. The Bertz CT molecular complexity index is 998. The van der Waals surface area contributed by atoms with Gasteiger partial charge >= 0.3 is 0 Å².